The molecule has 2 N–H and O–H groups in total. The second kappa shape index (κ2) is 4.89. The highest BCUT2D eigenvalue weighted by Gasteiger charge is 2.14. The fourth-order valence-corrected chi connectivity index (χ4v) is 1.91. The molecule has 0 aliphatic heterocycles. The highest BCUT2D eigenvalue weighted by Crippen LogP contribution is 2.25. The van der Waals surface area contributed by atoms with Crippen LogP contribution in [0.25, 0.3) is 0 Å². The molecule has 0 aliphatic carbocycles. The van der Waals surface area contributed by atoms with Crippen LogP contribution in [-0.4, -0.2) is 4.98 Å². The lowest BCUT2D eigenvalue weighted by Crippen LogP contribution is -2.14. The Hall–Kier alpha value is -1.33. The van der Waals surface area contributed by atoms with Crippen LogP contribution in [-0.2, 0) is 0 Å². The molecule has 2 aromatic rings. The van der Waals surface area contributed by atoms with Gasteiger partial charge in [0.1, 0.15) is 11.6 Å². The van der Waals surface area contributed by atoms with Gasteiger partial charge in [-0.05, 0) is 29.8 Å². The van der Waals surface area contributed by atoms with Crippen molar-refractivity contribution in [3.63, 3.8) is 0 Å². The maximum absolute atomic E-state index is 13.6. The van der Waals surface area contributed by atoms with Gasteiger partial charge in [-0.2, -0.15) is 0 Å². The first kappa shape index (κ1) is 12.1. The van der Waals surface area contributed by atoms with E-state index in [4.69, 9.17) is 5.73 Å². The lowest BCUT2D eigenvalue weighted by molar-refractivity contribution is 0.593. The number of halogens is 3. The van der Waals surface area contributed by atoms with Crippen molar-refractivity contribution < 1.29 is 8.78 Å². The summed E-state index contributed by atoms with van der Waals surface area (Å²) in [7, 11) is 0. The van der Waals surface area contributed by atoms with Crippen molar-refractivity contribution in [1.82, 2.24) is 4.98 Å². The smallest absolute Gasteiger partial charge is 0.141 e. The monoisotopic (exact) mass is 298 g/mol. The molecule has 2 nitrogen and oxygen atoms in total. The van der Waals surface area contributed by atoms with Gasteiger partial charge >= 0.3 is 0 Å². The number of rotatable bonds is 2. The Morgan fingerprint density at radius 2 is 1.94 bits per heavy atom. The van der Waals surface area contributed by atoms with Crippen molar-refractivity contribution in [2.45, 2.75) is 6.04 Å². The first-order valence-corrected chi connectivity index (χ1v) is 5.68. The van der Waals surface area contributed by atoms with Crippen LogP contribution in [0.5, 0.6) is 0 Å². The minimum absolute atomic E-state index is 0.298. The van der Waals surface area contributed by atoms with Crippen LogP contribution < -0.4 is 5.73 Å². The van der Waals surface area contributed by atoms with E-state index in [-0.39, 0.29) is 0 Å². The quantitative estimate of drug-likeness (QED) is 0.925. The largest absolute Gasteiger partial charge is 0.320 e. The van der Waals surface area contributed by atoms with E-state index < -0.39 is 17.7 Å². The highest BCUT2D eigenvalue weighted by atomic mass is 79.9. The van der Waals surface area contributed by atoms with Crippen molar-refractivity contribution >= 4 is 15.9 Å². The number of aromatic nitrogens is 1. The summed E-state index contributed by atoms with van der Waals surface area (Å²) in [6, 6.07) is 4.97. The normalized spacial score (nSPS) is 12.5. The molecule has 17 heavy (non-hydrogen) atoms. The molecule has 0 saturated carbocycles. The van der Waals surface area contributed by atoms with Gasteiger partial charge in [0.2, 0.25) is 0 Å². The zero-order valence-corrected chi connectivity index (χ0v) is 10.3. The number of hydrogen-bond donors (Lipinski definition) is 1. The predicted octanol–water partition coefficient (Wildman–Crippen LogP) is 3.17. The molecule has 1 heterocycles. The summed E-state index contributed by atoms with van der Waals surface area (Å²) in [6.07, 6.45) is 2.50. The van der Waals surface area contributed by atoms with Gasteiger partial charge in [0, 0.05) is 16.2 Å². The van der Waals surface area contributed by atoms with Crippen LogP contribution in [0.1, 0.15) is 17.2 Å². The van der Waals surface area contributed by atoms with Crippen LogP contribution in [0.2, 0.25) is 0 Å². The summed E-state index contributed by atoms with van der Waals surface area (Å²) in [6.45, 7) is 0. The number of pyridine rings is 1. The van der Waals surface area contributed by atoms with Crippen LogP contribution in [0.4, 0.5) is 8.78 Å². The molecule has 1 unspecified atom stereocenters. The van der Waals surface area contributed by atoms with Gasteiger partial charge in [0.15, 0.2) is 0 Å². The lowest BCUT2D eigenvalue weighted by atomic mass is 10.0. The Balaban J connectivity index is 2.43. The predicted molar refractivity (Wildman–Crippen MR) is 64.3 cm³/mol. The molecule has 0 amide bonds. The highest BCUT2D eigenvalue weighted by molar-refractivity contribution is 9.10. The molecule has 0 radical (unpaired) electrons. The first-order chi connectivity index (χ1) is 8.08. The van der Waals surface area contributed by atoms with E-state index >= 15 is 0 Å². The van der Waals surface area contributed by atoms with Gasteiger partial charge in [-0.15, -0.1) is 0 Å². The maximum atomic E-state index is 13.6. The van der Waals surface area contributed by atoms with Gasteiger partial charge < -0.3 is 5.73 Å². The third-order valence-electron chi connectivity index (χ3n) is 2.38. The van der Waals surface area contributed by atoms with E-state index in [1.165, 1.54) is 18.3 Å². The molecular formula is C12H9BrF2N2. The van der Waals surface area contributed by atoms with Crippen molar-refractivity contribution in [2.75, 3.05) is 0 Å². The standard InChI is InChI=1S/C12H9BrF2N2/c13-8-1-2-11(15)10(4-8)12(16)7-3-9(14)6-17-5-7/h1-6,12H,16H2. The summed E-state index contributed by atoms with van der Waals surface area (Å²) >= 11 is 3.24. The molecule has 1 atom stereocenters. The van der Waals surface area contributed by atoms with Gasteiger partial charge in [-0.25, -0.2) is 8.78 Å². The third kappa shape index (κ3) is 2.68. The van der Waals surface area contributed by atoms with E-state index in [1.54, 1.807) is 12.1 Å². The lowest BCUT2D eigenvalue weighted by Gasteiger charge is -2.13. The molecule has 88 valence electrons. The topological polar surface area (TPSA) is 38.9 Å². The Kier molecular flexibility index (Phi) is 3.49. The summed E-state index contributed by atoms with van der Waals surface area (Å²) in [5.41, 5.74) is 6.62. The summed E-state index contributed by atoms with van der Waals surface area (Å²) in [5.74, 6) is -0.918. The fourth-order valence-electron chi connectivity index (χ4n) is 1.53. The van der Waals surface area contributed by atoms with Gasteiger partial charge in [-0.1, -0.05) is 15.9 Å². The Labute approximate surface area is 106 Å². The number of benzene rings is 1. The minimum Gasteiger partial charge on any atom is -0.320 e. The Morgan fingerprint density at radius 3 is 2.65 bits per heavy atom. The number of nitrogens with zero attached hydrogens (tertiary/aromatic N) is 1. The molecule has 0 fully saturated rings. The molecule has 1 aromatic carbocycles. The van der Waals surface area contributed by atoms with Crippen LogP contribution in [0.15, 0.2) is 41.1 Å². The van der Waals surface area contributed by atoms with Crippen LogP contribution in [0, 0.1) is 11.6 Å². The summed E-state index contributed by atoms with van der Waals surface area (Å²) < 4.78 is 27.3. The molecule has 1 aromatic heterocycles. The second-order valence-electron chi connectivity index (χ2n) is 3.58. The van der Waals surface area contributed by atoms with E-state index in [9.17, 15) is 8.78 Å². The molecular weight excluding hydrogens is 290 g/mol. The number of hydrogen-bond acceptors (Lipinski definition) is 2. The first-order valence-electron chi connectivity index (χ1n) is 4.89. The van der Waals surface area contributed by atoms with Gasteiger partial charge in [0.05, 0.1) is 12.2 Å². The van der Waals surface area contributed by atoms with E-state index in [0.29, 0.717) is 15.6 Å². The molecule has 0 spiro atoms. The van der Waals surface area contributed by atoms with Crippen molar-refractivity contribution in [3.8, 4) is 0 Å². The molecule has 5 heteroatoms. The zero-order valence-electron chi connectivity index (χ0n) is 8.70. The molecule has 0 bridgehead atoms. The van der Waals surface area contributed by atoms with E-state index in [0.717, 1.165) is 6.20 Å². The van der Waals surface area contributed by atoms with E-state index in [1.807, 2.05) is 0 Å². The average molecular weight is 299 g/mol. The number of nitrogens with two attached hydrogens (primary N) is 1. The van der Waals surface area contributed by atoms with Gasteiger partial charge in [-0.3, -0.25) is 4.98 Å². The maximum Gasteiger partial charge on any atom is 0.141 e. The van der Waals surface area contributed by atoms with E-state index in [2.05, 4.69) is 20.9 Å². The minimum atomic E-state index is -0.740. The molecule has 0 saturated heterocycles. The molecule has 0 aliphatic rings. The summed E-state index contributed by atoms with van der Waals surface area (Å²) in [4.78, 5) is 3.69. The Morgan fingerprint density at radius 1 is 1.18 bits per heavy atom. The van der Waals surface area contributed by atoms with Crippen LogP contribution >= 0.6 is 15.9 Å². The zero-order chi connectivity index (χ0) is 12.4. The van der Waals surface area contributed by atoms with Crippen molar-refractivity contribution in [1.29, 1.82) is 0 Å². The van der Waals surface area contributed by atoms with Crippen molar-refractivity contribution in [3.05, 3.63) is 63.9 Å². The van der Waals surface area contributed by atoms with Crippen molar-refractivity contribution in [2.24, 2.45) is 5.73 Å². The third-order valence-corrected chi connectivity index (χ3v) is 2.87. The second-order valence-corrected chi connectivity index (χ2v) is 4.50. The molecule has 2 rings (SSSR count). The SMILES string of the molecule is NC(c1cncc(F)c1)c1cc(Br)ccc1F. The van der Waals surface area contributed by atoms with Crippen LogP contribution in [0.3, 0.4) is 0 Å². The fraction of sp³-hybridized carbons (Fsp3) is 0.0833. The Bertz CT molecular complexity index is 546. The van der Waals surface area contributed by atoms with Gasteiger partial charge in [0.25, 0.3) is 0 Å². The summed E-state index contributed by atoms with van der Waals surface area (Å²) in [5, 5.41) is 0. The average Bonchev–Trinajstić information content (AvgIpc) is 2.31.